The van der Waals surface area contributed by atoms with Gasteiger partial charge in [0.05, 0.1) is 0 Å². The third-order valence-electron chi connectivity index (χ3n) is 5.53. The second-order valence-corrected chi connectivity index (χ2v) is 8.92. The molecule has 0 aromatic rings. The highest BCUT2D eigenvalue weighted by Gasteiger charge is 2.26. The zero-order chi connectivity index (χ0) is 23.1. The highest BCUT2D eigenvalue weighted by Crippen LogP contribution is 2.14. The lowest BCUT2D eigenvalue weighted by atomic mass is 9.95. The van der Waals surface area contributed by atoms with Crippen LogP contribution in [0.1, 0.15) is 143 Å². The van der Waals surface area contributed by atoms with E-state index < -0.39 is 17.5 Å². The van der Waals surface area contributed by atoms with Crippen LogP contribution < -0.4 is 5.73 Å². The molecule has 0 aromatic heterocycles. The molecule has 0 aromatic carbocycles. The van der Waals surface area contributed by atoms with E-state index in [0.29, 0.717) is 12.8 Å². The third kappa shape index (κ3) is 24.9. The van der Waals surface area contributed by atoms with E-state index in [9.17, 15) is 9.59 Å². The number of carboxylic acid groups (broad SMARTS) is 2. The van der Waals surface area contributed by atoms with Crippen molar-refractivity contribution >= 4 is 11.9 Å². The number of rotatable bonds is 20. The van der Waals surface area contributed by atoms with Gasteiger partial charge < -0.3 is 15.9 Å². The molecule has 0 aliphatic carbocycles. The lowest BCUT2D eigenvalue weighted by Gasteiger charge is -2.18. The van der Waals surface area contributed by atoms with Crippen LogP contribution in [0, 0.1) is 0 Å². The second-order valence-electron chi connectivity index (χ2n) is 8.92. The fourth-order valence-electron chi connectivity index (χ4n) is 3.32. The predicted octanol–water partition coefficient (Wildman–Crippen LogP) is 7.31. The molecule has 5 nitrogen and oxygen atoms in total. The Labute approximate surface area is 186 Å². The SMILES string of the molecule is CCCCCCCCCCC(C)(N)C(=O)O.CCCCCCCCCCCC(=O)O. The van der Waals surface area contributed by atoms with Gasteiger partial charge in [-0.15, -0.1) is 0 Å². The molecular weight excluding hydrogens is 378 g/mol. The van der Waals surface area contributed by atoms with Crippen LogP contribution in [0.3, 0.4) is 0 Å². The maximum atomic E-state index is 10.7. The molecule has 1 unspecified atom stereocenters. The monoisotopic (exact) mass is 429 g/mol. The summed E-state index contributed by atoms with van der Waals surface area (Å²) in [5.74, 6) is -1.55. The van der Waals surface area contributed by atoms with Gasteiger partial charge in [-0.05, 0) is 19.8 Å². The van der Waals surface area contributed by atoms with Crippen LogP contribution in [0.15, 0.2) is 0 Å². The molecule has 0 spiro atoms. The molecule has 0 saturated carbocycles. The van der Waals surface area contributed by atoms with Gasteiger partial charge in [-0.2, -0.15) is 0 Å². The highest BCUT2D eigenvalue weighted by molar-refractivity contribution is 5.77. The summed E-state index contributed by atoms with van der Waals surface area (Å²) in [5.41, 5.74) is 4.60. The first kappa shape index (κ1) is 31.1. The van der Waals surface area contributed by atoms with E-state index in [4.69, 9.17) is 15.9 Å². The fraction of sp³-hybridized carbons (Fsp3) is 0.920. The molecule has 0 radical (unpaired) electrons. The minimum absolute atomic E-state index is 0.343. The van der Waals surface area contributed by atoms with E-state index in [0.717, 1.165) is 25.7 Å². The van der Waals surface area contributed by atoms with E-state index in [-0.39, 0.29) is 0 Å². The molecule has 1 atom stereocenters. The lowest BCUT2D eigenvalue weighted by Crippen LogP contribution is -2.44. The molecule has 0 heterocycles. The number of carboxylic acids is 2. The molecule has 5 heteroatoms. The summed E-state index contributed by atoms with van der Waals surface area (Å²) < 4.78 is 0. The van der Waals surface area contributed by atoms with Crippen LogP contribution in [0.2, 0.25) is 0 Å². The summed E-state index contributed by atoms with van der Waals surface area (Å²) in [4.78, 5) is 20.9. The van der Waals surface area contributed by atoms with Crippen LogP contribution >= 0.6 is 0 Å². The first-order valence-corrected chi connectivity index (χ1v) is 12.5. The van der Waals surface area contributed by atoms with Crippen molar-refractivity contribution in [1.29, 1.82) is 0 Å². The van der Waals surface area contributed by atoms with Gasteiger partial charge in [-0.3, -0.25) is 9.59 Å². The van der Waals surface area contributed by atoms with Crippen molar-refractivity contribution in [2.75, 3.05) is 0 Å². The standard InChI is InChI=1S/C13H27NO2.C12H24O2/c1-3-4-5-6-7-8-9-10-11-13(2,14)12(15)16;1-2-3-4-5-6-7-8-9-10-11-12(13)14/h3-11,14H2,1-2H3,(H,15,16);2-11H2,1H3,(H,13,14). The summed E-state index contributed by atoms with van der Waals surface area (Å²) in [5, 5.41) is 17.2. The molecule has 0 fully saturated rings. The molecule has 4 N–H and O–H groups in total. The molecule has 0 amide bonds. The Hall–Kier alpha value is -1.10. The minimum Gasteiger partial charge on any atom is -0.481 e. The van der Waals surface area contributed by atoms with Gasteiger partial charge in [0.25, 0.3) is 0 Å². The molecule has 0 rings (SSSR count). The van der Waals surface area contributed by atoms with Crippen molar-refractivity contribution < 1.29 is 19.8 Å². The van der Waals surface area contributed by atoms with E-state index >= 15 is 0 Å². The van der Waals surface area contributed by atoms with Gasteiger partial charge in [-0.1, -0.05) is 117 Å². The number of carbonyl (C=O) groups is 2. The number of unbranched alkanes of at least 4 members (excludes halogenated alkanes) is 15. The van der Waals surface area contributed by atoms with Crippen LogP contribution in [0.25, 0.3) is 0 Å². The first-order valence-electron chi connectivity index (χ1n) is 12.5. The van der Waals surface area contributed by atoms with Crippen LogP contribution in [0.4, 0.5) is 0 Å². The van der Waals surface area contributed by atoms with Crippen molar-refractivity contribution in [3.05, 3.63) is 0 Å². The maximum Gasteiger partial charge on any atom is 0.323 e. The van der Waals surface area contributed by atoms with E-state index in [2.05, 4.69) is 13.8 Å². The Morgan fingerprint density at radius 3 is 1.30 bits per heavy atom. The number of nitrogens with two attached hydrogens (primary N) is 1. The van der Waals surface area contributed by atoms with Crippen molar-refractivity contribution in [3.63, 3.8) is 0 Å². The van der Waals surface area contributed by atoms with Gasteiger partial charge >= 0.3 is 11.9 Å². The number of hydrogen-bond donors (Lipinski definition) is 3. The van der Waals surface area contributed by atoms with Gasteiger partial charge in [0.15, 0.2) is 0 Å². The van der Waals surface area contributed by atoms with Gasteiger partial charge in [0.2, 0.25) is 0 Å². The molecule has 0 aliphatic heterocycles. The first-order chi connectivity index (χ1) is 14.3. The van der Waals surface area contributed by atoms with E-state index in [1.807, 2.05) is 0 Å². The van der Waals surface area contributed by atoms with Crippen molar-refractivity contribution in [2.24, 2.45) is 5.73 Å². The highest BCUT2D eigenvalue weighted by atomic mass is 16.4. The smallest absolute Gasteiger partial charge is 0.323 e. The topological polar surface area (TPSA) is 101 Å². The molecular formula is C25H51NO4. The minimum atomic E-state index is -1.04. The predicted molar refractivity (Wildman–Crippen MR) is 127 cm³/mol. The normalized spacial score (nSPS) is 12.7. The summed E-state index contributed by atoms with van der Waals surface area (Å²) in [7, 11) is 0. The summed E-state index contributed by atoms with van der Waals surface area (Å²) >= 11 is 0. The zero-order valence-electron chi connectivity index (χ0n) is 20.2. The Balaban J connectivity index is 0. The van der Waals surface area contributed by atoms with Crippen LogP contribution in [0.5, 0.6) is 0 Å². The number of aliphatic carboxylic acids is 2. The Morgan fingerprint density at radius 1 is 0.633 bits per heavy atom. The van der Waals surface area contributed by atoms with E-state index in [1.54, 1.807) is 6.92 Å². The summed E-state index contributed by atoms with van der Waals surface area (Å²) in [6.07, 6.45) is 21.8. The number of hydrogen-bond acceptors (Lipinski definition) is 3. The second kappa shape index (κ2) is 22.6. The third-order valence-corrected chi connectivity index (χ3v) is 5.53. The van der Waals surface area contributed by atoms with Gasteiger partial charge in [0, 0.05) is 6.42 Å². The Bertz CT molecular complexity index is 397. The van der Waals surface area contributed by atoms with Crippen molar-refractivity contribution in [2.45, 2.75) is 148 Å². The largest absolute Gasteiger partial charge is 0.481 e. The van der Waals surface area contributed by atoms with Crippen LogP contribution in [-0.4, -0.2) is 27.7 Å². The lowest BCUT2D eigenvalue weighted by molar-refractivity contribution is -0.143. The molecule has 0 bridgehead atoms. The van der Waals surface area contributed by atoms with Crippen molar-refractivity contribution in [1.82, 2.24) is 0 Å². The Morgan fingerprint density at radius 2 is 0.967 bits per heavy atom. The Kier molecular flexibility index (Phi) is 23.4. The average Bonchev–Trinajstić information content (AvgIpc) is 2.69. The fourth-order valence-corrected chi connectivity index (χ4v) is 3.32. The molecule has 180 valence electrons. The quantitative estimate of drug-likeness (QED) is 0.176. The molecule has 0 aliphatic rings. The summed E-state index contributed by atoms with van der Waals surface area (Å²) in [6, 6.07) is 0. The van der Waals surface area contributed by atoms with E-state index in [1.165, 1.54) is 83.5 Å². The summed E-state index contributed by atoms with van der Waals surface area (Å²) in [6.45, 7) is 6.04. The van der Waals surface area contributed by atoms with Crippen LogP contribution in [-0.2, 0) is 9.59 Å². The van der Waals surface area contributed by atoms with Crippen molar-refractivity contribution in [3.8, 4) is 0 Å². The molecule has 30 heavy (non-hydrogen) atoms. The van der Waals surface area contributed by atoms with Gasteiger partial charge in [-0.25, -0.2) is 0 Å². The average molecular weight is 430 g/mol. The molecule has 0 saturated heterocycles. The maximum absolute atomic E-state index is 10.7. The zero-order valence-corrected chi connectivity index (χ0v) is 20.2. The van der Waals surface area contributed by atoms with Gasteiger partial charge in [0.1, 0.15) is 5.54 Å².